The van der Waals surface area contributed by atoms with Crippen molar-refractivity contribution in [2.45, 2.75) is 0 Å². The summed E-state index contributed by atoms with van der Waals surface area (Å²) in [4.78, 5) is 4.17. The van der Waals surface area contributed by atoms with Gasteiger partial charge in [-0.15, -0.1) is 0 Å². The summed E-state index contributed by atoms with van der Waals surface area (Å²) in [6.07, 6.45) is 1.66. The number of fused-ring (bicyclic) bond motifs is 1. The molecule has 0 radical (unpaired) electrons. The number of ether oxygens (including phenoxy) is 1. The van der Waals surface area contributed by atoms with Crippen LogP contribution in [0.3, 0.4) is 0 Å². The quantitative estimate of drug-likeness (QED) is 0.783. The molecule has 0 aliphatic carbocycles. The lowest BCUT2D eigenvalue weighted by Crippen LogP contribution is -2.00. The Labute approximate surface area is 86.7 Å². The number of hydrogen-bond donors (Lipinski definition) is 1. The Morgan fingerprint density at radius 1 is 1.33 bits per heavy atom. The number of aromatic nitrogens is 1. The van der Waals surface area contributed by atoms with Gasteiger partial charge in [-0.05, 0) is 24.3 Å². The van der Waals surface area contributed by atoms with Crippen LogP contribution in [0.4, 0.5) is 10.1 Å². The fourth-order valence-electron chi connectivity index (χ4n) is 1.43. The van der Waals surface area contributed by atoms with Crippen molar-refractivity contribution in [1.29, 1.82) is 0 Å². The van der Waals surface area contributed by atoms with Crippen LogP contribution in [-0.2, 0) is 0 Å². The number of halogens is 1. The highest BCUT2D eigenvalue weighted by Crippen LogP contribution is 2.27. The van der Waals surface area contributed by atoms with Gasteiger partial charge in [0.1, 0.15) is 24.5 Å². The lowest BCUT2D eigenvalue weighted by atomic mass is 10.2. The summed E-state index contributed by atoms with van der Waals surface area (Å²) in [5, 5.41) is 0.828. The van der Waals surface area contributed by atoms with Crippen LogP contribution >= 0.6 is 0 Å². The van der Waals surface area contributed by atoms with Gasteiger partial charge in [0.2, 0.25) is 0 Å². The summed E-state index contributed by atoms with van der Waals surface area (Å²) < 4.78 is 17.2. The third-order valence-electron chi connectivity index (χ3n) is 2.10. The molecule has 0 saturated carbocycles. The normalized spacial score (nSPS) is 10.5. The van der Waals surface area contributed by atoms with Gasteiger partial charge in [-0.2, -0.15) is 0 Å². The second kappa shape index (κ2) is 4.13. The van der Waals surface area contributed by atoms with Crippen molar-refractivity contribution < 1.29 is 9.13 Å². The van der Waals surface area contributed by atoms with E-state index in [1.54, 1.807) is 24.4 Å². The summed E-state index contributed by atoms with van der Waals surface area (Å²) in [6, 6.07) is 7.11. The smallest absolute Gasteiger partial charge is 0.145 e. The highest BCUT2D eigenvalue weighted by atomic mass is 19.1. The van der Waals surface area contributed by atoms with Crippen molar-refractivity contribution in [2.75, 3.05) is 19.0 Å². The van der Waals surface area contributed by atoms with Crippen molar-refractivity contribution in [3.8, 4) is 5.75 Å². The fraction of sp³-hybridized carbons (Fsp3) is 0.182. The van der Waals surface area contributed by atoms with Crippen molar-refractivity contribution >= 4 is 16.6 Å². The van der Waals surface area contributed by atoms with Crippen LogP contribution in [0, 0.1) is 0 Å². The summed E-state index contributed by atoms with van der Waals surface area (Å²) >= 11 is 0. The molecule has 0 atom stereocenters. The first-order valence-corrected chi connectivity index (χ1v) is 4.65. The summed E-state index contributed by atoms with van der Waals surface area (Å²) in [6.45, 7) is -0.478. The van der Waals surface area contributed by atoms with Crippen LogP contribution in [0.25, 0.3) is 10.9 Å². The van der Waals surface area contributed by atoms with Gasteiger partial charge in [-0.3, -0.25) is 4.98 Å². The Balaban J connectivity index is 2.51. The Morgan fingerprint density at radius 2 is 2.20 bits per heavy atom. The van der Waals surface area contributed by atoms with Gasteiger partial charge in [-0.1, -0.05) is 0 Å². The highest BCUT2D eigenvalue weighted by Gasteiger charge is 2.05. The van der Waals surface area contributed by atoms with Gasteiger partial charge in [0.25, 0.3) is 0 Å². The number of pyridine rings is 1. The van der Waals surface area contributed by atoms with E-state index in [2.05, 4.69) is 4.98 Å². The minimum Gasteiger partial charge on any atom is -0.489 e. The summed E-state index contributed by atoms with van der Waals surface area (Å²) in [5.41, 5.74) is 7.10. The largest absolute Gasteiger partial charge is 0.489 e. The molecule has 78 valence electrons. The molecule has 3 nitrogen and oxygen atoms in total. The van der Waals surface area contributed by atoms with Gasteiger partial charge in [-0.25, -0.2) is 4.39 Å². The van der Waals surface area contributed by atoms with Gasteiger partial charge in [0.15, 0.2) is 0 Å². The summed E-state index contributed by atoms with van der Waals surface area (Å²) in [5.74, 6) is 0.567. The van der Waals surface area contributed by atoms with E-state index in [1.165, 1.54) is 0 Å². The second-order valence-corrected chi connectivity index (χ2v) is 3.09. The third kappa shape index (κ3) is 1.83. The monoisotopic (exact) mass is 206 g/mol. The van der Waals surface area contributed by atoms with Crippen molar-refractivity contribution in [2.24, 2.45) is 0 Å². The molecule has 0 aliphatic heterocycles. The molecule has 2 rings (SSSR count). The van der Waals surface area contributed by atoms with Crippen LogP contribution in [-0.4, -0.2) is 18.3 Å². The minimum absolute atomic E-state index is 0.0373. The Hall–Kier alpha value is -1.84. The van der Waals surface area contributed by atoms with E-state index in [0.29, 0.717) is 17.0 Å². The van der Waals surface area contributed by atoms with Gasteiger partial charge in [0, 0.05) is 17.3 Å². The van der Waals surface area contributed by atoms with E-state index in [-0.39, 0.29) is 6.61 Å². The Bertz CT molecular complexity index is 473. The van der Waals surface area contributed by atoms with Crippen LogP contribution in [0.5, 0.6) is 5.75 Å². The molecular formula is C11H11FN2O. The molecule has 1 aromatic carbocycles. The number of alkyl halides is 1. The first kappa shape index (κ1) is 9.71. The zero-order chi connectivity index (χ0) is 10.7. The molecule has 1 heterocycles. The molecule has 0 amide bonds. The number of nitrogens with two attached hydrogens (primary N) is 1. The number of rotatable bonds is 3. The van der Waals surface area contributed by atoms with E-state index >= 15 is 0 Å². The molecule has 2 aromatic rings. The number of hydrogen-bond acceptors (Lipinski definition) is 3. The Kier molecular flexibility index (Phi) is 2.67. The van der Waals surface area contributed by atoms with Crippen LogP contribution in [0.1, 0.15) is 0 Å². The Morgan fingerprint density at radius 3 is 3.00 bits per heavy atom. The maximum atomic E-state index is 12.0. The minimum atomic E-state index is -0.515. The second-order valence-electron chi connectivity index (χ2n) is 3.09. The molecule has 0 saturated heterocycles. The van der Waals surface area contributed by atoms with Crippen LogP contribution < -0.4 is 10.5 Å². The molecule has 0 unspecified atom stereocenters. The molecule has 0 aliphatic rings. The van der Waals surface area contributed by atoms with Crippen molar-refractivity contribution in [3.05, 3.63) is 30.5 Å². The maximum absolute atomic E-state index is 12.0. The zero-order valence-electron chi connectivity index (χ0n) is 8.11. The number of nitrogen functional groups attached to an aromatic ring is 1. The molecule has 0 bridgehead atoms. The van der Waals surface area contributed by atoms with E-state index in [4.69, 9.17) is 10.5 Å². The van der Waals surface area contributed by atoms with Crippen LogP contribution in [0.2, 0.25) is 0 Å². The number of anilines is 1. The third-order valence-corrected chi connectivity index (χ3v) is 2.10. The molecule has 0 spiro atoms. The van der Waals surface area contributed by atoms with E-state index < -0.39 is 6.67 Å². The molecule has 2 N–H and O–H groups in total. The van der Waals surface area contributed by atoms with E-state index in [1.807, 2.05) is 6.07 Å². The highest BCUT2D eigenvalue weighted by molar-refractivity contribution is 5.94. The lowest BCUT2D eigenvalue weighted by Gasteiger charge is -2.08. The average Bonchev–Trinajstić information content (AvgIpc) is 2.29. The molecule has 0 fully saturated rings. The van der Waals surface area contributed by atoms with Gasteiger partial charge in [0.05, 0.1) is 0 Å². The molecular weight excluding hydrogens is 195 g/mol. The first-order valence-electron chi connectivity index (χ1n) is 4.65. The van der Waals surface area contributed by atoms with E-state index in [0.717, 1.165) is 5.39 Å². The lowest BCUT2D eigenvalue weighted by molar-refractivity contribution is 0.275. The standard InChI is InChI=1S/C11H11FN2O/c12-5-7-15-10-4-3-9(13)8-2-1-6-14-11(8)10/h1-4,6H,5,7,13H2. The van der Waals surface area contributed by atoms with Crippen molar-refractivity contribution in [3.63, 3.8) is 0 Å². The van der Waals surface area contributed by atoms with Crippen LogP contribution in [0.15, 0.2) is 30.5 Å². The molecule has 15 heavy (non-hydrogen) atoms. The van der Waals surface area contributed by atoms with E-state index in [9.17, 15) is 4.39 Å². The first-order chi connectivity index (χ1) is 7.33. The zero-order valence-corrected chi connectivity index (χ0v) is 8.11. The van der Waals surface area contributed by atoms with Crippen molar-refractivity contribution in [1.82, 2.24) is 4.98 Å². The molecule has 4 heteroatoms. The number of nitrogens with zero attached hydrogens (tertiary/aromatic N) is 1. The summed E-state index contributed by atoms with van der Waals surface area (Å²) in [7, 11) is 0. The average molecular weight is 206 g/mol. The maximum Gasteiger partial charge on any atom is 0.145 e. The SMILES string of the molecule is Nc1ccc(OCCF)c2ncccc12. The predicted octanol–water partition coefficient (Wildman–Crippen LogP) is 2.17. The number of benzene rings is 1. The fourth-order valence-corrected chi connectivity index (χ4v) is 1.43. The topological polar surface area (TPSA) is 48.1 Å². The van der Waals surface area contributed by atoms with Gasteiger partial charge >= 0.3 is 0 Å². The predicted molar refractivity (Wildman–Crippen MR) is 57.6 cm³/mol. The molecule has 1 aromatic heterocycles. The van der Waals surface area contributed by atoms with Gasteiger partial charge < -0.3 is 10.5 Å².